The Morgan fingerprint density at radius 2 is 0.824 bits per heavy atom. The van der Waals surface area contributed by atoms with Crippen molar-refractivity contribution >= 4 is 32.3 Å². The number of hydrogen-bond donors (Lipinski definition) is 0. The Hall–Kier alpha value is -6.24. The smallest absolute Gasteiger partial charge is 0.0159 e. The van der Waals surface area contributed by atoms with Crippen molar-refractivity contribution in [1.82, 2.24) is 0 Å². The molecule has 0 bridgehead atoms. The minimum atomic E-state index is -0.0912. The van der Waals surface area contributed by atoms with E-state index in [4.69, 9.17) is 0 Å². The van der Waals surface area contributed by atoms with Crippen LogP contribution in [-0.4, -0.2) is 0 Å². The maximum Gasteiger partial charge on any atom is 0.0159 e. The maximum absolute atomic E-state index is 2.49. The molecular formula is C51H36. The Morgan fingerprint density at radius 3 is 1.55 bits per heavy atom. The van der Waals surface area contributed by atoms with Crippen LogP contribution in [0.3, 0.4) is 0 Å². The average Bonchev–Trinajstić information content (AvgIpc) is 3.42. The number of benzene rings is 9. The van der Waals surface area contributed by atoms with E-state index in [2.05, 4.69) is 196 Å². The van der Waals surface area contributed by atoms with Gasteiger partial charge in [0.1, 0.15) is 0 Å². The topological polar surface area (TPSA) is 0 Å². The predicted octanol–water partition coefficient (Wildman–Crippen LogP) is 14.1. The maximum atomic E-state index is 2.49. The first-order valence-corrected chi connectivity index (χ1v) is 17.9. The molecule has 0 unspecified atom stereocenters. The first-order chi connectivity index (χ1) is 25.1. The molecule has 9 aromatic rings. The first-order valence-electron chi connectivity index (χ1n) is 17.9. The van der Waals surface area contributed by atoms with E-state index < -0.39 is 0 Å². The minimum absolute atomic E-state index is 0.0912. The minimum Gasteiger partial charge on any atom is -0.0622 e. The van der Waals surface area contributed by atoms with E-state index in [-0.39, 0.29) is 5.41 Å². The molecule has 240 valence electrons. The van der Waals surface area contributed by atoms with Gasteiger partial charge in [0, 0.05) is 5.41 Å². The summed E-state index contributed by atoms with van der Waals surface area (Å²) in [7, 11) is 0. The largest absolute Gasteiger partial charge is 0.0622 e. The second-order valence-corrected chi connectivity index (χ2v) is 14.5. The van der Waals surface area contributed by atoms with Gasteiger partial charge < -0.3 is 0 Å². The van der Waals surface area contributed by atoms with Gasteiger partial charge in [-0.05, 0) is 117 Å². The molecule has 0 heterocycles. The van der Waals surface area contributed by atoms with Crippen molar-refractivity contribution in [3.05, 3.63) is 193 Å². The molecule has 0 aliphatic heterocycles. The second kappa shape index (κ2) is 11.4. The van der Waals surface area contributed by atoms with Gasteiger partial charge in [0.2, 0.25) is 0 Å². The second-order valence-electron chi connectivity index (χ2n) is 14.5. The molecule has 0 N–H and O–H groups in total. The zero-order valence-corrected chi connectivity index (χ0v) is 28.8. The van der Waals surface area contributed by atoms with E-state index in [1.165, 1.54) is 99.1 Å². The highest BCUT2D eigenvalue weighted by atomic mass is 14.4. The molecule has 10 rings (SSSR count). The standard InChI is InChI=1S/C51H36/c1-51(2)47-23-12-11-21-40(47)41-27-26-38(32-48(41)51)49-43-28-24-37(34-16-7-4-8-17-34)31-46(43)50(42-22-13-19-35-18-9-10-20-39(35)42)44-29-25-36(30-45(44)49)33-14-5-3-6-15-33/h3-32H,1-2H3. The van der Waals surface area contributed by atoms with E-state index in [0.29, 0.717) is 0 Å². The molecule has 0 spiro atoms. The van der Waals surface area contributed by atoms with Crippen molar-refractivity contribution in [3.8, 4) is 55.6 Å². The lowest BCUT2D eigenvalue weighted by Gasteiger charge is -2.23. The summed E-state index contributed by atoms with van der Waals surface area (Å²) in [6.07, 6.45) is 0. The first kappa shape index (κ1) is 29.7. The summed E-state index contributed by atoms with van der Waals surface area (Å²) in [5, 5.41) is 7.59. The van der Waals surface area contributed by atoms with Gasteiger partial charge in [0.25, 0.3) is 0 Å². The van der Waals surface area contributed by atoms with Crippen LogP contribution in [0.2, 0.25) is 0 Å². The zero-order chi connectivity index (χ0) is 34.1. The Balaban J connectivity index is 1.35. The normalized spacial score (nSPS) is 13.1. The molecule has 1 aliphatic rings. The van der Waals surface area contributed by atoms with Crippen molar-refractivity contribution in [1.29, 1.82) is 0 Å². The monoisotopic (exact) mass is 648 g/mol. The van der Waals surface area contributed by atoms with Crippen molar-refractivity contribution < 1.29 is 0 Å². The van der Waals surface area contributed by atoms with Crippen molar-refractivity contribution in [3.63, 3.8) is 0 Å². The van der Waals surface area contributed by atoms with Crippen LogP contribution in [-0.2, 0) is 5.41 Å². The lowest BCUT2D eigenvalue weighted by molar-refractivity contribution is 0.660. The third-order valence-electron chi connectivity index (χ3n) is 11.3. The molecule has 0 atom stereocenters. The van der Waals surface area contributed by atoms with E-state index in [1.807, 2.05) is 0 Å². The van der Waals surface area contributed by atoms with Gasteiger partial charge in [-0.25, -0.2) is 0 Å². The lowest BCUT2D eigenvalue weighted by Crippen LogP contribution is -2.14. The Bertz CT molecular complexity index is 2800. The van der Waals surface area contributed by atoms with Crippen LogP contribution in [0.5, 0.6) is 0 Å². The van der Waals surface area contributed by atoms with Crippen LogP contribution in [0.4, 0.5) is 0 Å². The molecule has 0 radical (unpaired) electrons. The SMILES string of the molecule is CC1(C)c2ccccc2-c2ccc(-c3c4cc(-c5ccccc5)ccc4c(-c4cccc5ccccc45)c4cc(-c5ccccc5)ccc34)cc21. The van der Waals surface area contributed by atoms with E-state index >= 15 is 0 Å². The molecule has 0 saturated carbocycles. The molecular weight excluding hydrogens is 613 g/mol. The van der Waals surface area contributed by atoms with E-state index in [1.54, 1.807) is 0 Å². The molecule has 0 aromatic heterocycles. The third-order valence-corrected chi connectivity index (χ3v) is 11.3. The summed E-state index contributed by atoms with van der Waals surface area (Å²) < 4.78 is 0. The van der Waals surface area contributed by atoms with Crippen molar-refractivity contribution in [2.75, 3.05) is 0 Å². The molecule has 0 amide bonds. The summed E-state index contributed by atoms with van der Waals surface area (Å²) in [4.78, 5) is 0. The fourth-order valence-electron chi connectivity index (χ4n) is 8.75. The Morgan fingerprint density at radius 1 is 0.294 bits per heavy atom. The summed E-state index contributed by atoms with van der Waals surface area (Å²) in [5.74, 6) is 0. The highest BCUT2D eigenvalue weighted by molar-refractivity contribution is 6.24. The van der Waals surface area contributed by atoms with Gasteiger partial charge in [-0.2, -0.15) is 0 Å². The van der Waals surface area contributed by atoms with Gasteiger partial charge in [0.15, 0.2) is 0 Å². The highest BCUT2D eigenvalue weighted by Crippen LogP contribution is 2.52. The van der Waals surface area contributed by atoms with Gasteiger partial charge >= 0.3 is 0 Å². The molecule has 0 fully saturated rings. The van der Waals surface area contributed by atoms with Gasteiger partial charge in [-0.3, -0.25) is 0 Å². The van der Waals surface area contributed by atoms with Crippen LogP contribution in [0, 0.1) is 0 Å². The van der Waals surface area contributed by atoms with Gasteiger partial charge in [-0.1, -0.05) is 178 Å². The molecule has 0 heteroatoms. The van der Waals surface area contributed by atoms with Gasteiger partial charge in [0.05, 0.1) is 0 Å². The summed E-state index contributed by atoms with van der Waals surface area (Å²) >= 11 is 0. The fraction of sp³-hybridized carbons (Fsp3) is 0.0588. The third kappa shape index (κ3) is 4.60. The predicted molar refractivity (Wildman–Crippen MR) is 218 cm³/mol. The van der Waals surface area contributed by atoms with Crippen molar-refractivity contribution in [2.24, 2.45) is 0 Å². The van der Waals surface area contributed by atoms with Crippen LogP contribution >= 0.6 is 0 Å². The number of fused-ring (bicyclic) bond motifs is 6. The highest BCUT2D eigenvalue weighted by Gasteiger charge is 2.35. The van der Waals surface area contributed by atoms with Crippen LogP contribution in [0.25, 0.3) is 88.0 Å². The van der Waals surface area contributed by atoms with Crippen molar-refractivity contribution in [2.45, 2.75) is 19.3 Å². The van der Waals surface area contributed by atoms with E-state index in [9.17, 15) is 0 Å². The van der Waals surface area contributed by atoms with E-state index in [0.717, 1.165) is 0 Å². The van der Waals surface area contributed by atoms with Crippen LogP contribution in [0.15, 0.2) is 182 Å². The van der Waals surface area contributed by atoms with Gasteiger partial charge in [-0.15, -0.1) is 0 Å². The lowest BCUT2D eigenvalue weighted by atomic mass is 9.80. The molecule has 9 aromatic carbocycles. The van der Waals surface area contributed by atoms with Crippen LogP contribution in [0.1, 0.15) is 25.0 Å². The summed E-state index contributed by atoms with van der Waals surface area (Å²) in [5.41, 5.74) is 15.4. The molecule has 0 saturated heterocycles. The quantitative estimate of drug-likeness (QED) is 0.167. The Kier molecular flexibility index (Phi) is 6.63. The number of hydrogen-bond acceptors (Lipinski definition) is 0. The summed E-state index contributed by atoms with van der Waals surface area (Å²) in [6.45, 7) is 4.75. The Labute approximate surface area is 299 Å². The average molecular weight is 649 g/mol. The molecule has 0 nitrogen and oxygen atoms in total. The fourth-order valence-corrected chi connectivity index (χ4v) is 8.75. The summed E-state index contributed by atoms with van der Waals surface area (Å²) in [6, 6.07) is 67.5. The molecule has 51 heavy (non-hydrogen) atoms. The molecule has 1 aliphatic carbocycles. The zero-order valence-electron chi connectivity index (χ0n) is 28.8. The number of rotatable bonds is 4. The van der Waals surface area contributed by atoms with Crippen LogP contribution < -0.4 is 0 Å².